The number of rotatable bonds is 5. The molecule has 1 atom stereocenters. The third-order valence-electron chi connectivity index (χ3n) is 3.28. The number of aryl methyl sites for hydroxylation is 1. The summed E-state index contributed by atoms with van der Waals surface area (Å²) in [6.07, 6.45) is 1.72. The first-order valence-corrected chi connectivity index (χ1v) is 7.46. The fourth-order valence-electron chi connectivity index (χ4n) is 2.19. The van der Waals surface area contributed by atoms with Crippen molar-refractivity contribution in [2.24, 2.45) is 7.05 Å². The van der Waals surface area contributed by atoms with Crippen molar-refractivity contribution in [3.63, 3.8) is 0 Å². The number of methoxy groups -OCH3 is 1. The second-order valence-electron chi connectivity index (χ2n) is 5.20. The first kappa shape index (κ1) is 17.0. The van der Waals surface area contributed by atoms with Crippen molar-refractivity contribution in [2.45, 2.75) is 19.4 Å². The Labute approximate surface area is 139 Å². The maximum absolute atomic E-state index is 12.5. The maximum Gasteiger partial charge on any atom is 0.307 e. The zero-order valence-electron chi connectivity index (χ0n) is 13.2. The Bertz CT molecular complexity index is 727. The van der Waals surface area contributed by atoms with Gasteiger partial charge in [-0.3, -0.25) is 14.3 Å². The second kappa shape index (κ2) is 7.28. The molecule has 0 unspecified atom stereocenters. The summed E-state index contributed by atoms with van der Waals surface area (Å²) in [5, 5.41) is 7.61. The van der Waals surface area contributed by atoms with Gasteiger partial charge in [-0.15, -0.1) is 0 Å². The quantitative estimate of drug-likeness (QED) is 0.852. The van der Waals surface area contributed by atoms with E-state index in [9.17, 15) is 9.59 Å². The average molecular weight is 336 g/mol. The molecule has 0 spiro atoms. The van der Waals surface area contributed by atoms with Gasteiger partial charge in [0.2, 0.25) is 0 Å². The van der Waals surface area contributed by atoms with Crippen LogP contribution in [0.1, 0.15) is 23.7 Å². The molecular weight excluding hydrogens is 318 g/mol. The molecule has 0 fully saturated rings. The normalized spacial score (nSPS) is 11.8. The molecule has 1 N–H and O–H groups in total. The molecule has 2 rings (SSSR count). The summed E-state index contributed by atoms with van der Waals surface area (Å²) in [5.41, 5.74) is 1.58. The Hall–Kier alpha value is -2.34. The summed E-state index contributed by atoms with van der Waals surface area (Å²) in [5.74, 6) is -0.695. The minimum Gasteiger partial charge on any atom is -0.469 e. The Kier molecular flexibility index (Phi) is 5.39. The van der Waals surface area contributed by atoms with Gasteiger partial charge in [-0.2, -0.15) is 5.10 Å². The van der Waals surface area contributed by atoms with E-state index >= 15 is 0 Å². The highest BCUT2D eigenvalue weighted by Crippen LogP contribution is 2.28. The predicted octanol–water partition coefficient (Wildman–Crippen LogP) is 2.42. The maximum atomic E-state index is 12.5. The summed E-state index contributed by atoms with van der Waals surface area (Å²) in [6.45, 7) is 1.74. The molecule has 0 bridgehead atoms. The van der Waals surface area contributed by atoms with Gasteiger partial charge < -0.3 is 10.1 Å². The molecule has 0 aliphatic rings. The van der Waals surface area contributed by atoms with Crippen LogP contribution in [0.3, 0.4) is 0 Å². The second-order valence-corrected chi connectivity index (χ2v) is 5.61. The zero-order valence-corrected chi connectivity index (χ0v) is 13.9. The molecule has 7 heteroatoms. The lowest BCUT2D eigenvalue weighted by Gasteiger charge is -2.12. The van der Waals surface area contributed by atoms with Crippen LogP contribution in [0.15, 0.2) is 30.5 Å². The van der Waals surface area contributed by atoms with E-state index in [0.717, 1.165) is 0 Å². The van der Waals surface area contributed by atoms with Crippen LogP contribution < -0.4 is 5.32 Å². The molecule has 1 amide bonds. The van der Waals surface area contributed by atoms with Gasteiger partial charge in [0.25, 0.3) is 5.91 Å². The van der Waals surface area contributed by atoms with Gasteiger partial charge in [0.15, 0.2) is 0 Å². The van der Waals surface area contributed by atoms with Crippen molar-refractivity contribution in [2.75, 3.05) is 7.11 Å². The van der Waals surface area contributed by atoms with E-state index in [0.29, 0.717) is 21.8 Å². The Morgan fingerprint density at radius 3 is 2.74 bits per heavy atom. The van der Waals surface area contributed by atoms with Crippen LogP contribution in [0.5, 0.6) is 0 Å². The molecule has 1 aromatic heterocycles. The van der Waals surface area contributed by atoms with E-state index in [-0.39, 0.29) is 24.3 Å². The highest BCUT2D eigenvalue weighted by molar-refractivity contribution is 6.33. The number of amides is 1. The highest BCUT2D eigenvalue weighted by Gasteiger charge is 2.21. The number of carbonyl (C=O) groups is 2. The van der Waals surface area contributed by atoms with Crippen LogP contribution in [-0.4, -0.2) is 34.8 Å². The predicted molar refractivity (Wildman–Crippen MR) is 87.2 cm³/mol. The van der Waals surface area contributed by atoms with Gasteiger partial charge in [0.1, 0.15) is 5.69 Å². The van der Waals surface area contributed by atoms with Gasteiger partial charge in [0, 0.05) is 24.8 Å². The van der Waals surface area contributed by atoms with Crippen LogP contribution in [0.25, 0.3) is 11.3 Å². The van der Waals surface area contributed by atoms with Crippen LogP contribution >= 0.6 is 11.6 Å². The average Bonchev–Trinajstić information content (AvgIpc) is 2.89. The zero-order chi connectivity index (χ0) is 17.0. The van der Waals surface area contributed by atoms with E-state index in [2.05, 4.69) is 15.2 Å². The number of carbonyl (C=O) groups excluding carboxylic acids is 2. The molecule has 6 nitrogen and oxygen atoms in total. The number of hydrogen-bond donors (Lipinski definition) is 1. The summed E-state index contributed by atoms with van der Waals surface area (Å²) < 4.78 is 6.15. The van der Waals surface area contributed by atoms with Crippen LogP contribution in [-0.2, 0) is 16.6 Å². The fourth-order valence-corrected chi connectivity index (χ4v) is 2.42. The summed E-state index contributed by atoms with van der Waals surface area (Å²) >= 11 is 6.20. The molecule has 1 heterocycles. The Morgan fingerprint density at radius 2 is 2.09 bits per heavy atom. The molecule has 0 radical (unpaired) electrons. The fraction of sp³-hybridized carbons (Fsp3) is 0.312. The molecule has 0 aliphatic heterocycles. The van der Waals surface area contributed by atoms with Crippen LogP contribution in [0, 0.1) is 0 Å². The topological polar surface area (TPSA) is 73.2 Å². The minimum absolute atomic E-state index is 0.101. The van der Waals surface area contributed by atoms with Crippen molar-refractivity contribution in [3.05, 3.63) is 41.0 Å². The SMILES string of the molecule is COC(=O)C[C@@H](C)NC(=O)c1cn(C)nc1-c1ccccc1Cl. The van der Waals surface area contributed by atoms with E-state index in [1.165, 1.54) is 7.11 Å². The lowest BCUT2D eigenvalue weighted by molar-refractivity contribution is -0.141. The number of ether oxygens (including phenoxy) is 1. The van der Waals surface area contributed by atoms with Gasteiger partial charge in [0.05, 0.1) is 24.1 Å². The number of nitrogens with one attached hydrogen (secondary N) is 1. The lowest BCUT2D eigenvalue weighted by Crippen LogP contribution is -2.34. The molecular formula is C16H18ClN3O3. The van der Waals surface area contributed by atoms with Crippen molar-refractivity contribution in [3.8, 4) is 11.3 Å². The Morgan fingerprint density at radius 1 is 1.39 bits per heavy atom. The molecule has 122 valence electrons. The largest absolute Gasteiger partial charge is 0.469 e. The molecule has 2 aromatic rings. The van der Waals surface area contributed by atoms with Crippen LogP contribution in [0.2, 0.25) is 5.02 Å². The molecule has 1 aromatic carbocycles. The van der Waals surface area contributed by atoms with E-state index < -0.39 is 0 Å². The van der Waals surface area contributed by atoms with E-state index in [1.807, 2.05) is 12.1 Å². The van der Waals surface area contributed by atoms with Crippen molar-refractivity contribution in [1.29, 1.82) is 0 Å². The smallest absolute Gasteiger partial charge is 0.307 e. The van der Waals surface area contributed by atoms with Crippen molar-refractivity contribution < 1.29 is 14.3 Å². The molecule has 23 heavy (non-hydrogen) atoms. The Balaban J connectivity index is 2.25. The number of esters is 1. The van der Waals surface area contributed by atoms with E-state index in [1.54, 1.807) is 37.0 Å². The van der Waals surface area contributed by atoms with Crippen molar-refractivity contribution >= 4 is 23.5 Å². The van der Waals surface area contributed by atoms with Crippen LogP contribution in [0.4, 0.5) is 0 Å². The summed E-state index contributed by atoms with van der Waals surface area (Å²) in [6, 6.07) is 6.84. The first-order chi connectivity index (χ1) is 10.9. The summed E-state index contributed by atoms with van der Waals surface area (Å²) in [7, 11) is 3.04. The third-order valence-corrected chi connectivity index (χ3v) is 3.61. The number of halogens is 1. The monoisotopic (exact) mass is 335 g/mol. The number of aromatic nitrogens is 2. The highest BCUT2D eigenvalue weighted by atomic mass is 35.5. The van der Waals surface area contributed by atoms with Gasteiger partial charge in [-0.1, -0.05) is 29.8 Å². The summed E-state index contributed by atoms with van der Waals surface area (Å²) in [4.78, 5) is 23.8. The molecule has 0 saturated heterocycles. The van der Waals surface area contributed by atoms with Crippen molar-refractivity contribution in [1.82, 2.24) is 15.1 Å². The number of hydrogen-bond acceptors (Lipinski definition) is 4. The minimum atomic E-state index is -0.379. The van der Waals surface area contributed by atoms with E-state index in [4.69, 9.17) is 11.6 Å². The van der Waals surface area contributed by atoms with Gasteiger partial charge >= 0.3 is 5.97 Å². The molecule has 0 aliphatic carbocycles. The number of benzene rings is 1. The standard InChI is InChI=1S/C16H18ClN3O3/c1-10(8-14(21)23-3)18-16(22)12-9-20(2)19-15(12)11-6-4-5-7-13(11)17/h4-7,9-10H,8H2,1-3H3,(H,18,22)/t10-/m1/s1. The third kappa shape index (κ3) is 4.10. The first-order valence-electron chi connectivity index (χ1n) is 7.08. The number of nitrogens with zero attached hydrogens (tertiary/aromatic N) is 2. The lowest BCUT2D eigenvalue weighted by atomic mass is 10.1. The van der Waals surface area contributed by atoms with Gasteiger partial charge in [-0.25, -0.2) is 0 Å². The van der Waals surface area contributed by atoms with Gasteiger partial charge in [-0.05, 0) is 13.0 Å². The molecule has 0 saturated carbocycles.